The van der Waals surface area contributed by atoms with Crippen LogP contribution in [0.1, 0.15) is 29.4 Å². The van der Waals surface area contributed by atoms with Crippen LogP contribution in [0.15, 0.2) is 74.2 Å². The van der Waals surface area contributed by atoms with E-state index in [0.717, 1.165) is 32.7 Å². The smallest absolute Gasteiger partial charge is 0.257 e. The van der Waals surface area contributed by atoms with Crippen molar-refractivity contribution >= 4 is 23.1 Å². The predicted octanol–water partition coefficient (Wildman–Crippen LogP) is 5.86. The van der Waals surface area contributed by atoms with Crippen LogP contribution in [0.2, 0.25) is 0 Å². The molecule has 0 aliphatic heterocycles. The molecular formula is C22H19N5O2S2. The zero-order chi connectivity index (χ0) is 21.2. The molecule has 7 nitrogen and oxygen atoms in total. The van der Waals surface area contributed by atoms with E-state index in [4.69, 9.17) is 8.83 Å². The highest BCUT2D eigenvalue weighted by Gasteiger charge is 2.23. The van der Waals surface area contributed by atoms with Gasteiger partial charge < -0.3 is 8.83 Å². The van der Waals surface area contributed by atoms with Gasteiger partial charge in [0.2, 0.25) is 5.89 Å². The SMILES string of the molecule is Cc1ccccc1-c1nnc(SC(C)c2nnc(-c3cccs3)o2)n1Cc1ccco1. The molecule has 0 fully saturated rings. The number of hydrogen-bond donors (Lipinski definition) is 0. The Hall–Kier alpha value is -3.17. The fraction of sp³-hybridized carbons (Fsp3) is 0.182. The number of thioether (sulfide) groups is 1. The number of hydrogen-bond acceptors (Lipinski definition) is 8. The number of aryl methyl sites for hydroxylation is 1. The first-order valence-electron chi connectivity index (χ1n) is 9.74. The molecule has 0 saturated heterocycles. The summed E-state index contributed by atoms with van der Waals surface area (Å²) >= 11 is 3.10. The van der Waals surface area contributed by atoms with Crippen molar-refractivity contribution in [1.82, 2.24) is 25.0 Å². The third-order valence-electron chi connectivity index (χ3n) is 4.80. The molecule has 0 aliphatic carbocycles. The van der Waals surface area contributed by atoms with E-state index in [-0.39, 0.29) is 5.25 Å². The Morgan fingerprint density at radius 2 is 1.94 bits per heavy atom. The molecule has 1 aromatic carbocycles. The van der Waals surface area contributed by atoms with Gasteiger partial charge in [-0.15, -0.1) is 31.7 Å². The summed E-state index contributed by atoms with van der Waals surface area (Å²) in [6.45, 7) is 4.62. The first-order chi connectivity index (χ1) is 15.2. The van der Waals surface area contributed by atoms with Crippen molar-refractivity contribution in [3.8, 4) is 22.2 Å². The van der Waals surface area contributed by atoms with E-state index in [9.17, 15) is 0 Å². The summed E-state index contributed by atoms with van der Waals surface area (Å²) in [6.07, 6.45) is 1.67. The molecule has 0 saturated carbocycles. The summed E-state index contributed by atoms with van der Waals surface area (Å²) in [5.41, 5.74) is 2.18. The maximum atomic E-state index is 5.91. The quantitative estimate of drug-likeness (QED) is 0.288. The Balaban J connectivity index is 1.46. The Kier molecular flexibility index (Phi) is 5.44. The second-order valence-corrected chi connectivity index (χ2v) is 9.23. The average molecular weight is 450 g/mol. The molecule has 0 bridgehead atoms. The Labute approximate surface area is 187 Å². The Bertz CT molecular complexity index is 1280. The van der Waals surface area contributed by atoms with Crippen molar-refractivity contribution in [3.63, 3.8) is 0 Å². The maximum absolute atomic E-state index is 5.91. The van der Waals surface area contributed by atoms with Crippen LogP contribution in [-0.2, 0) is 6.54 Å². The van der Waals surface area contributed by atoms with E-state index >= 15 is 0 Å². The van der Waals surface area contributed by atoms with E-state index in [1.54, 1.807) is 17.6 Å². The third kappa shape index (κ3) is 4.06. The topological polar surface area (TPSA) is 82.8 Å². The summed E-state index contributed by atoms with van der Waals surface area (Å²) < 4.78 is 13.6. The lowest BCUT2D eigenvalue weighted by atomic mass is 10.1. The number of furan rings is 1. The Morgan fingerprint density at radius 3 is 2.71 bits per heavy atom. The highest BCUT2D eigenvalue weighted by Crippen LogP contribution is 2.37. The molecule has 1 atom stereocenters. The molecule has 4 heterocycles. The van der Waals surface area contributed by atoms with E-state index < -0.39 is 0 Å². The van der Waals surface area contributed by atoms with E-state index in [1.165, 1.54) is 11.8 Å². The van der Waals surface area contributed by atoms with E-state index in [2.05, 4.69) is 44.0 Å². The molecule has 0 amide bonds. The maximum Gasteiger partial charge on any atom is 0.257 e. The normalized spacial score (nSPS) is 12.3. The number of nitrogens with zero attached hydrogens (tertiary/aromatic N) is 5. The van der Waals surface area contributed by atoms with Gasteiger partial charge in [-0.2, -0.15) is 0 Å². The molecule has 31 heavy (non-hydrogen) atoms. The first-order valence-corrected chi connectivity index (χ1v) is 11.5. The standard InChI is InChI=1S/C22H19N5O2S2/c1-14-7-3-4-9-17(14)19-23-26-22(27(19)13-16-8-5-11-28-16)31-15(2)20-24-25-21(29-20)18-10-6-12-30-18/h3-12,15H,13H2,1-2H3. The highest BCUT2D eigenvalue weighted by atomic mass is 32.2. The van der Waals surface area contributed by atoms with Gasteiger partial charge in [-0.1, -0.05) is 42.1 Å². The van der Waals surface area contributed by atoms with Gasteiger partial charge >= 0.3 is 0 Å². The minimum Gasteiger partial charge on any atom is -0.467 e. The van der Waals surface area contributed by atoms with Crippen molar-refractivity contribution in [2.24, 2.45) is 0 Å². The van der Waals surface area contributed by atoms with Gasteiger partial charge in [-0.25, -0.2) is 0 Å². The van der Waals surface area contributed by atoms with Crippen LogP contribution in [0, 0.1) is 6.92 Å². The van der Waals surface area contributed by atoms with E-state index in [0.29, 0.717) is 18.3 Å². The molecule has 9 heteroatoms. The van der Waals surface area contributed by atoms with Gasteiger partial charge in [0, 0.05) is 5.56 Å². The summed E-state index contributed by atoms with van der Waals surface area (Å²) in [4.78, 5) is 0.957. The lowest BCUT2D eigenvalue weighted by Gasteiger charge is -2.11. The summed E-state index contributed by atoms with van der Waals surface area (Å²) in [6, 6.07) is 15.9. The van der Waals surface area contributed by atoms with Gasteiger partial charge in [0.1, 0.15) is 5.76 Å². The minimum atomic E-state index is -0.0921. The van der Waals surface area contributed by atoms with Crippen LogP contribution in [-0.4, -0.2) is 25.0 Å². The third-order valence-corrected chi connectivity index (χ3v) is 6.73. The number of thiophene rings is 1. The molecule has 0 aliphatic rings. The molecule has 0 spiro atoms. The lowest BCUT2D eigenvalue weighted by Crippen LogP contribution is -2.05. The molecule has 5 rings (SSSR count). The molecule has 5 aromatic rings. The number of benzene rings is 1. The van der Waals surface area contributed by atoms with Gasteiger partial charge in [0.25, 0.3) is 5.89 Å². The molecular weight excluding hydrogens is 430 g/mol. The molecule has 4 aromatic heterocycles. The highest BCUT2D eigenvalue weighted by molar-refractivity contribution is 7.99. The number of aromatic nitrogens is 5. The van der Waals surface area contributed by atoms with Crippen molar-refractivity contribution in [3.05, 3.63) is 77.4 Å². The molecule has 156 valence electrons. The predicted molar refractivity (Wildman–Crippen MR) is 120 cm³/mol. The lowest BCUT2D eigenvalue weighted by molar-refractivity contribution is 0.484. The summed E-state index contributed by atoms with van der Waals surface area (Å²) in [7, 11) is 0. The largest absolute Gasteiger partial charge is 0.467 e. The van der Waals surface area contributed by atoms with Gasteiger partial charge in [0.15, 0.2) is 11.0 Å². The summed E-state index contributed by atoms with van der Waals surface area (Å²) in [5.74, 6) is 2.73. The van der Waals surface area contributed by atoms with Crippen LogP contribution < -0.4 is 0 Å². The van der Waals surface area contributed by atoms with Crippen LogP contribution in [0.25, 0.3) is 22.2 Å². The van der Waals surface area contributed by atoms with Crippen LogP contribution in [0.4, 0.5) is 0 Å². The fourth-order valence-electron chi connectivity index (χ4n) is 3.21. The minimum absolute atomic E-state index is 0.0921. The fourth-order valence-corrected chi connectivity index (χ4v) is 4.73. The summed E-state index contributed by atoms with van der Waals surface area (Å²) in [5, 5.41) is 20.1. The van der Waals surface area contributed by atoms with Crippen LogP contribution >= 0.6 is 23.1 Å². The zero-order valence-corrected chi connectivity index (χ0v) is 18.6. The molecule has 0 N–H and O–H groups in total. The monoisotopic (exact) mass is 449 g/mol. The second kappa shape index (κ2) is 8.52. The second-order valence-electron chi connectivity index (χ2n) is 6.97. The first kappa shape index (κ1) is 19.8. The zero-order valence-electron chi connectivity index (χ0n) is 16.9. The van der Waals surface area contributed by atoms with E-state index in [1.807, 2.05) is 48.7 Å². The van der Waals surface area contributed by atoms with Crippen molar-refractivity contribution in [1.29, 1.82) is 0 Å². The Morgan fingerprint density at radius 1 is 1.03 bits per heavy atom. The van der Waals surface area contributed by atoms with Crippen LogP contribution in [0.5, 0.6) is 0 Å². The number of rotatable bonds is 7. The molecule has 0 radical (unpaired) electrons. The van der Waals surface area contributed by atoms with Crippen molar-refractivity contribution in [2.45, 2.75) is 30.8 Å². The van der Waals surface area contributed by atoms with Gasteiger partial charge in [0.05, 0.1) is 22.9 Å². The van der Waals surface area contributed by atoms with Crippen LogP contribution in [0.3, 0.4) is 0 Å². The van der Waals surface area contributed by atoms with Gasteiger partial charge in [-0.05, 0) is 43.0 Å². The van der Waals surface area contributed by atoms with Crippen molar-refractivity contribution < 1.29 is 8.83 Å². The van der Waals surface area contributed by atoms with Crippen molar-refractivity contribution in [2.75, 3.05) is 0 Å². The average Bonchev–Trinajstić information content (AvgIpc) is 3.57. The molecule has 1 unspecified atom stereocenters. The van der Waals surface area contributed by atoms with Gasteiger partial charge in [-0.3, -0.25) is 4.57 Å².